The van der Waals surface area contributed by atoms with Crippen LogP contribution in [0.2, 0.25) is 0 Å². The molecule has 0 aliphatic heterocycles. The van der Waals surface area contributed by atoms with Crippen LogP contribution in [0.25, 0.3) is 0 Å². The van der Waals surface area contributed by atoms with Crippen LogP contribution >= 0.6 is 0 Å². The van der Waals surface area contributed by atoms with E-state index in [9.17, 15) is 4.39 Å². The molecule has 3 nitrogen and oxygen atoms in total. The van der Waals surface area contributed by atoms with Crippen LogP contribution in [-0.2, 0) is 15.9 Å². The predicted molar refractivity (Wildman–Crippen MR) is 65.7 cm³/mol. The molecule has 0 atom stereocenters. The van der Waals surface area contributed by atoms with Gasteiger partial charge in [0.1, 0.15) is 5.82 Å². The molecule has 0 radical (unpaired) electrons. The fourth-order valence-electron chi connectivity index (χ4n) is 1.39. The van der Waals surface area contributed by atoms with Gasteiger partial charge in [-0.15, -0.1) is 0 Å². The third-order valence-electron chi connectivity index (χ3n) is 2.35. The van der Waals surface area contributed by atoms with Gasteiger partial charge in [-0.1, -0.05) is 12.1 Å². The van der Waals surface area contributed by atoms with E-state index in [-0.39, 0.29) is 5.82 Å². The zero-order valence-corrected chi connectivity index (χ0v) is 10.2. The summed E-state index contributed by atoms with van der Waals surface area (Å²) < 4.78 is 23.0. The monoisotopic (exact) mass is 241 g/mol. The molecule has 0 saturated heterocycles. The SMILES string of the molecule is COCCNCCOCCc1ccc(F)cc1. The summed E-state index contributed by atoms with van der Waals surface area (Å²) in [4.78, 5) is 0. The quantitative estimate of drug-likeness (QED) is 0.666. The Bertz CT molecular complexity index is 290. The van der Waals surface area contributed by atoms with Crippen LogP contribution in [-0.4, -0.2) is 40.0 Å². The predicted octanol–water partition coefficient (Wildman–Crippen LogP) is 1.62. The highest BCUT2D eigenvalue weighted by Crippen LogP contribution is 2.03. The average Bonchev–Trinajstić information content (AvgIpc) is 2.35. The van der Waals surface area contributed by atoms with Crippen molar-refractivity contribution in [3.8, 4) is 0 Å². The Morgan fingerprint density at radius 3 is 2.47 bits per heavy atom. The van der Waals surface area contributed by atoms with Crippen molar-refractivity contribution in [1.29, 1.82) is 0 Å². The number of methoxy groups -OCH3 is 1. The van der Waals surface area contributed by atoms with E-state index < -0.39 is 0 Å². The summed E-state index contributed by atoms with van der Waals surface area (Å²) in [5.41, 5.74) is 1.10. The Balaban J connectivity index is 1.95. The Labute approximate surface area is 102 Å². The van der Waals surface area contributed by atoms with Crippen LogP contribution in [0.1, 0.15) is 5.56 Å². The van der Waals surface area contributed by atoms with Gasteiger partial charge in [0.15, 0.2) is 0 Å². The number of nitrogens with one attached hydrogen (secondary N) is 1. The largest absolute Gasteiger partial charge is 0.383 e. The van der Waals surface area contributed by atoms with Crippen LogP contribution in [0.5, 0.6) is 0 Å². The van der Waals surface area contributed by atoms with Gasteiger partial charge in [-0.2, -0.15) is 0 Å². The normalized spacial score (nSPS) is 10.7. The highest BCUT2D eigenvalue weighted by atomic mass is 19.1. The Morgan fingerprint density at radius 1 is 1.06 bits per heavy atom. The zero-order chi connectivity index (χ0) is 12.3. The van der Waals surface area contributed by atoms with Gasteiger partial charge in [-0.05, 0) is 24.1 Å². The van der Waals surface area contributed by atoms with Crippen molar-refractivity contribution in [2.45, 2.75) is 6.42 Å². The van der Waals surface area contributed by atoms with Crippen LogP contribution in [0.3, 0.4) is 0 Å². The average molecular weight is 241 g/mol. The first-order chi connectivity index (χ1) is 8.33. The molecule has 0 bridgehead atoms. The highest BCUT2D eigenvalue weighted by Gasteiger charge is 1.94. The molecular weight excluding hydrogens is 221 g/mol. The van der Waals surface area contributed by atoms with Gasteiger partial charge >= 0.3 is 0 Å². The van der Waals surface area contributed by atoms with Crippen LogP contribution in [0.15, 0.2) is 24.3 Å². The number of rotatable bonds is 9. The molecular formula is C13H20FNO2. The van der Waals surface area contributed by atoms with E-state index in [2.05, 4.69) is 5.32 Å². The van der Waals surface area contributed by atoms with Gasteiger partial charge in [-0.25, -0.2) is 4.39 Å². The number of hydrogen-bond acceptors (Lipinski definition) is 3. The van der Waals surface area contributed by atoms with Crippen molar-refractivity contribution in [3.63, 3.8) is 0 Å². The lowest BCUT2D eigenvalue weighted by Crippen LogP contribution is -2.23. The summed E-state index contributed by atoms with van der Waals surface area (Å²) in [6.45, 7) is 3.74. The summed E-state index contributed by atoms with van der Waals surface area (Å²) in [6.07, 6.45) is 0.818. The number of hydrogen-bond donors (Lipinski definition) is 1. The second-order valence-electron chi connectivity index (χ2n) is 3.73. The molecule has 0 aliphatic carbocycles. The first-order valence-electron chi connectivity index (χ1n) is 5.85. The summed E-state index contributed by atoms with van der Waals surface area (Å²) in [5.74, 6) is -0.197. The standard InChI is InChI=1S/C13H20FNO2/c1-16-10-7-15-8-11-17-9-6-12-2-4-13(14)5-3-12/h2-5,15H,6-11H2,1H3. The van der Waals surface area contributed by atoms with Gasteiger partial charge in [-0.3, -0.25) is 0 Å². The van der Waals surface area contributed by atoms with E-state index in [1.54, 1.807) is 19.2 Å². The van der Waals surface area contributed by atoms with E-state index in [0.29, 0.717) is 13.2 Å². The first kappa shape index (κ1) is 14.1. The lowest BCUT2D eigenvalue weighted by atomic mass is 10.2. The fraction of sp³-hybridized carbons (Fsp3) is 0.538. The minimum atomic E-state index is -0.197. The van der Waals surface area contributed by atoms with Gasteiger partial charge in [0.2, 0.25) is 0 Å². The van der Waals surface area contributed by atoms with Gasteiger partial charge < -0.3 is 14.8 Å². The van der Waals surface area contributed by atoms with E-state index >= 15 is 0 Å². The van der Waals surface area contributed by atoms with Gasteiger partial charge in [0.05, 0.1) is 19.8 Å². The van der Waals surface area contributed by atoms with Crippen LogP contribution in [0.4, 0.5) is 4.39 Å². The van der Waals surface area contributed by atoms with Crippen LogP contribution < -0.4 is 5.32 Å². The van der Waals surface area contributed by atoms with Crippen molar-refractivity contribution in [3.05, 3.63) is 35.6 Å². The van der Waals surface area contributed by atoms with E-state index in [0.717, 1.165) is 31.7 Å². The van der Waals surface area contributed by atoms with E-state index in [1.165, 1.54) is 12.1 Å². The maximum absolute atomic E-state index is 12.6. The summed E-state index contributed by atoms with van der Waals surface area (Å²) in [7, 11) is 1.68. The summed E-state index contributed by atoms with van der Waals surface area (Å²) >= 11 is 0. The maximum Gasteiger partial charge on any atom is 0.123 e. The van der Waals surface area contributed by atoms with Crippen molar-refractivity contribution in [2.24, 2.45) is 0 Å². The van der Waals surface area contributed by atoms with Crippen molar-refractivity contribution < 1.29 is 13.9 Å². The first-order valence-corrected chi connectivity index (χ1v) is 5.85. The molecule has 96 valence electrons. The zero-order valence-electron chi connectivity index (χ0n) is 10.2. The fourth-order valence-corrected chi connectivity index (χ4v) is 1.39. The third kappa shape index (κ3) is 7.05. The molecule has 1 aromatic carbocycles. The number of halogens is 1. The molecule has 0 fully saturated rings. The number of benzene rings is 1. The summed E-state index contributed by atoms with van der Waals surface area (Å²) in [6, 6.07) is 6.52. The topological polar surface area (TPSA) is 30.5 Å². The molecule has 0 unspecified atom stereocenters. The smallest absolute Gasteiger partial charge is 0.123 e. The van der Waals surface area contributed by atoms with Crippen molar-refractivity contribution in [1.82, 2.24) is 5.32 Å². The number of ether oxygens (including phenoxy) is 2. The Hall–Kier alpha value is -0.970. The van der Waals surface area contributed by atoms with E-state index in [1.807, 2.05) is 0 Å². The lowest BCUT2D eigenvalue weighted by molar-refractivity contribution is 0.135. The molecule has 0 heterocycles. The molecule has 0 saturated carbocycles. The second kappa shape index (κ2) is 9.10. The lowest BCUT2D eigenvalue weighted by Gasteiger charge is -2.06. The molecule has 0 aliphatic rings. The molecule has 0 amide bonds. The van der Waals surface area contributed by atoms with Crippen LogP contribution in [0, 0.1) is 5.82 Å². The highest BCUT2D eigenvalue weighted by molar-refractivity contribution is 5.15. The summed E-state index contributed by atoms with van der Waals surface area (Å²) in [5, 5.41) is 3.19. The van der Waals surface area contributed by atoms with Gasteiger partial charge in [0, 0.05) is 20.2 Å². The van der Waals surface area contributed by atoms with E-state index in [4.69, 9.17) is 9.47 Å². The molecule has 0 aromatic heterocycles. The Morgan fingerprint density at radius 2 is 1.76 bits per heavy atom. The minimum absolute atomic E-state index is 0.197. The molecule has 1 rings (SSSR count). The molecule has 1 N–H and O–H groups in total. The third-order valence-corrected chi connectivity index (χ3v) is 2.35. The maximum atomic E-state index is 12.6. The molecule has 4 heteroatoms. The van der Waals surface area contributed by atoms with Crippen molar-refractivity contribution >= 4 is 0 Å². The van der Waals surface area contributed by atoms with Crippen molar-refractivity contribution in [2.75, 3.05) is 40.0 Å². The van der Waals surface area contributed by atoms with Gasteiger partial charge in [0.25, 0.3) is 0 Å². The molecule has 0 spiro atoms. The molecule has 17 heavy (non-hydrogen) atoms. The minimum Gasteiger partial charge on any atom is -0.383 e. The Kier molecular flexibility index (Phi) is 7.54. The second-order valence-corrected chi connectivity index (χ2v) is 3.73. The molecule has 1 aromatic rings.